The Labute approximate surface area is 96.0 Å². The number of nitrogens with zero attached hydrogens (tertiary/aromatic N) is 1. The molecular formula is C13H17NO2. The Hall–Kier alpha value is -1.51. The van der Waals surface area contributed by atoms with Crippen molar-refractivity contribution in [2.24, 2.45) is 0 Å². The van der Waals surface area contributed by atoms with E-state index in [9.17, 15) is 4.79 Å². The van der Waals surface area contributed by atoms with E-state index in [-0.39, 0.29) is 18.2 Å². The van der Waals surface area contributed by atoms with Crippen LogP contribution in [0, 0.1) is 6.92 Å². The van der Waals surface area contributed by atoms with Gasteiger partial charge in [0.05, 0.1) is 0 Å². The number of carbonyl (C=O) groups excluding carboxylic acids is 1. The van der Waals surface area contributed by atoms with Crippen LogP contribution in [0.1, 0.15) is 30.6 Å². The maximum atomic E-state index is 11.6. The largest absolute Gasteiger partial charge is 0.441 e. The van der Waals surface area contributed by atoms with Crippen molar-refractivity contribution in [2.45, 2.75) is 32.4 Å². The number of rotatable bonds is 1. The number of carbonyl (C=O) groups is 1. The molecule has 0 radical (unpaired) electrons. The van der Waals surface area contributed by atoms with Crippen LogP contribution in [0.15, 0.2) is 24.3 Å². The maximum absolute atomic E-state index is 11.6. The summed E-state index contributed by atoms with van der Waals surface area (Å²) in [6.45, 7) is 4.10. The van der Waals surface area contributed by atoms with E-state index in [0.29, 0.717) is 0 Å². The molecule has 1 aliphatic heterocycles. The maximum Gasteiger partial charge on any atom is 0.410 e. The number of aryl methyl sites for hydroxylation is 1. The van der Waals surface area contributed by atoms with Gasteiger partial charge in [-0.2, -0.15) is 0 Å². The van der Waals surface area contributed by atoms with E-state index in [1.807, 2.05) is 38.1 Å². The minimum absolute atomic E-state index is 0.0973. The van der Waals surface area contributed by atoms with Crippen molar-refractivity contribution < 1.29 is 9.53 Å². The van der Waals surface area contributed by atoms with Crippen molar-refractivity contribution in [3.63, 3.8) is 0 Å². The van der Waals surface area contributed by atoms with E-state index in [4.69, 9.17) is 4.74 Å². The molecule has 0 aromatic heterocycles. The number of cyclic esters (lactones) is 1. The lowest BCUT2D eigenvalue weighted by atomic mass is 9.97. The molecule has 0 aliphatic carbocycles. The second-order valence-corrected chi connectivity index (χ2v) is 4.42. The topological polar surface area (TPSA) is 29.5 Å². The summed E-state index contributed by atoms with van der Waals surface area (Å²) in [5.74, 6) is 0. The van der Waals surface area contributed by atoms with Crippen molar-refractivity contribution >= 4 is 6.09 Å². The summed E-state index contributed by atoms with van der Waals surface area (Å²) in [4.78, 5) is 13.3. The predicted molar refractivity (Wildman–Crippen MR) is 62.2 cm³/mol. The van der Waals surface area contributed by atoms with Crippen LogP contribution < -0.4 is 0 Å². The average Bonchev–Trinajstić information content (AvgIpc) is 2.26. The van der Waals surface area contributed by atoms with Gasteiger partial charge in [0.15, 0.2) is 0 Å². The minimum atomic E-state index is -0.230. The summed E-state index contributed by atoms with van der Waals surface area (Å²) in [7, 11) is 1.78. The highest BCUT2D eigenvalue weighted by molar-refractivity contribution is 5.69. The fraction of sp³-hybridized carbons (Fsp3) is 0.462. The van der Waals surface area contributed by atoms with Crippen molar-refractivity contribution in [3.8, 4) is 0 Å². The van der Waals surface area contributed by atoms with Gasteiger partial charge in [-0.15, -0.1) is 0 Å². The quantitative estimate of drug-likeness (QED) is 0.726. The molecule has 1 aromatic rings. The molecule has 1 heterocycles. The zero-order valence-corrected chi connectivity index (χ0v) is 9.93. The minimum Gasteiger partial charge on any atom is -0.441 e. The number of amides is 1. The van der Waals surface area contributed by atoms with Gasteiger partial charge in [0.2, 0.25) is 0 Å². The third kappa shape index (κ3) is 1.90. The fourth-order valence-corrected chi connectivity index (χ4v) is 2.04. The lowest BCUT2D eigenvalue weighted by Gasteiger charge is -2.35. The van der Waals surface area contributed by atoms with E-state index in [1.165, 1.54) is 5.56 Å². The monoisotopic (exact) mass is 219 g/mol. The molecule has 1 amide bonds. The molecule has 1 unspecified atom stereocenters. The van der Waals surface area contributed by atoms with Gasteiger partial charge >= 0.3 is 6.09 Å². The Balaban J connectivity index is 2.24. The molecule has 1 fully saturated rings. The molecule has 1 aromatic carbocycles. The van der Waals surface area contributed by atoms with E-state index in [1.54, 1.807) is 11.9 Å². The van der Waals surface area contributed by atoms with E-state index >= 15 is 0 Å². The molecule has 0 spiro atoms. The summed E-state index contributed by atoms with van der Waals surface area (Å²) in [5, 5.41) is 0. The zero-order chi connectivity index (χ0) is 11.7. The standard InChI is InChI=1S/C13H17NO2/c1-9-6-4-5-7-11(9)12-8-10(2)14(3)13(15)16-12/h4-7,10,12H,8H2,1-3H3/t10-,12?/m1/s1. The third-order valence-corrected chi connectivity index (χ3v) is 3.28. The summed E-state index contributed by atoms with van der Waals surface area (Å²) in [5.41, 5.74) is 2.30. The molecule has 1 aliphatic rings. The molecule has 86 valence electrons. The Bertz CT molecular complexity index is 403. The highest BCUT2D eigenvalue weighted by Crippen LogP contribution is 2.31. The highest BCUT2D eigenvalue weighted by Gasteiger charge is 2.31. The van der Waals surface area contributed by atoms with Gasteiger partial charge in [0.1, 0.15) is 6.10 Å². The van der Waals surface area contributed by atoms with Crippen LogP contribution in [0.2, 0.25) is 0 Å². The summed E-state index contributed by atoms with van der Waals surface area (Å²) < 4.78 is 5.42. The van der Waals surface area contributed by atoms with E-state index in [2.05, 4.69) is 0 Å². The third-order valence-electron chi connectivity index (χ3n) is 3.28. The predicted octanol–water partition coefficient (Wildman–Crippen LogP) is 2.90. The van der Waals surface area contributed by atoms with Crippen LogP contribution in [-0.4, -0.2) is 24.1 Å². The fourth-order valence-electron chi connectivity index (χ4n) is 2.04. The average molecular weight is 219 g/mol. The van der Waals surface area contributed by atoms with E-state index < -0.39 is 0 Å². The lowest BCUT2D eigenvalue weighted by Crippen LogP contribution is -2.42. The van der Waals surface area contributed by atoms with Gasteiger partial charge in [-0.3, -0.25) is 0 Å². The number of benzene rings is 1. The highest BCUT2D eigenvalue weighted by atomic mass is 16.6. The SMILES string of the molecule is Cc1ccccc1C1C[C@@H](C)N(C)C(=O)O1. The number of hydrogen-bond acceptors (Lipinski definition) is 2. The molecule has 2 rings (SSSR count). The molecule has 3 nitrogen and oxygen atoms in total. The Morgan fingerprint density at radius 1 is 1.38 bits per heavy atom. The second-order valence-electron chi connectivity index (χ2n) is 4.42. The summed E-state index contributed by atoms with van der Waals surface area (Å²) in [6.07, 6.45) is 0.527. The molecular weight excluding hydrogens is 202 g/mol. The lowest BCUT2D eigenvalue weighted by molar-refractivity contribution is 0.0110. The van der Waals surface area contributed by atoms with Gasteiger partial charge in [0.25, 0.3) is 0 Å². The Kier molecular flexibility index (Phi) is 2.86. The Morgan fingerprint density at radius 3 is 2.69 bits per heavy atom. The second kappa shape index (κ2) is 4.16. The van der Waals surface area contributed by atoms with Crippen LogP contribution in [0.4, 0.5) is 4.79 Å². The first-order valence-corrected chi connectivity index (χ1v) is 5.58. The molecule has 3 heteroatoms. The van der Waals surface area contributed by atoms with Gasteiger partial charge in [-0.25, -0.2) is 4.79 Å². The van der Waals surface area contributed by atoms with Crippen LogP contribution in [-0.2, 0) is 4.74 Å². The van der Waals surface area contributed by atoms with Crippen LogP contribution in [0.5, 0.6) is 0 Å². The first-order valence-electron chi connectivity index (χ1n) is 5.58. The molecule has 1 saturated heterocycles. The van der Waals surface area contributed by atoms with Crippen molar-refractivity contribution in [1.29, 1.82) is 0 Å². The van der Waals surface area contributed by atoms with Gasteiger partial charge in [-0.1, -0.05) is 24.3 Å². The smallest absolute Gasteiger partial charge is 0.410 e. The molecule has 0 saturated carbocycles. The van der Waals surface area contributed by atoms with Gasteiger partial charge in [0, 0.05) is 19.5 Å². The van der Waals surface area contributed by atoms with E-state index in [0.717, 1.165) is 12.0 Å². The van der Waals surface area contributed by atoms with Crippen LogP contribution >= 0.6 is 0 Å². The first-order chi connectivity index (χ1) is 7.59. The summed E-state index contributed by atoms with van der Waals surface area (Å²) >= 11 is 0. The van der Waals surface area contributed by atoms with Crippen molar-refractivity contribution in [2.75, 3.05) is 7.05 Å². The molecule has 0 bridgehead atoms. The van der Waals surface area contributed by atoms with Crippen LogP contribution in [0.3, 0.4) is 0 Å². The van der Waals surface area contributed by atoms with Crippen molar-refractivity contribution in [3.05, 3.63) is 35.4 Å². The Morgan fingerprint density at radius 2 is 2.06 bits per heavy atom. The molecule has 16 heavy (non-hydrogen) atoms. The van der Waals surface area contributed by atoms with Gasteiger partial charge in [-0.05, 0) is 25.0 Å². The zero-order valence-electron chi connectivity index (χ0n) is 9.93. The van der Waals surface area contributed by atoms with Crippen molar-refractivity contribution in [1.82, 2.24) is 4.90 Å². The normalized spacial score (nSPS) is 25.4. The first kappa shape index (κ1) is 11.0. The number of ether oxygens (including phenoxy) is 1. The number of hydrogen-bond donors (Lipinski definition) is 0. The summed E-state index contributed by atoms with van der Waals surface area (Å²) in [6, 6.07) is 8.29. The molecule has 2 atom stereocenters. The molecule has 0 N–H and O–H groups in total. The van der Waals surface area contributed by atoms with Crippen LogP contribution in [0.25, 0.3) is 0 Å². The van der Waals surface area contributed by atoms with Gasteiger partial charge < -0.3 is 9.64 Å².